The molecule has 0 saturated heterocycles. The summed E-state index contributed by atoms with van der Waals surface area (Å²) in [5, 5.41) is 8.96. The lowest BCUT2D eigenvalue weighted by Crippen LogP contribution is -2.13. The van der Waals surface area contributed by atoms with Crippen LogP contribution in [0.3, 0.4) is 0 Å². The molecule has 1 heterocycles. The Bertz CT molecular complexity index is 395. The summed E-state index contributed by atoms with van der Waals surface area (Å²) in [6.45, 7) is 4.50. The largest absolute Gasteiger partial charge is 0.477 e. The molecule has 0 saturated carbocycles. The van der Waals surface area contributed by atoms with Crippen LogP contribution in [0, 0.1) is 0 Å². The molecule has 0 aliphatic carbocycles. The molecule has 0 aliphatic heterocycles. The van der Waals surface area contributed by atoms with Gasteiger partial charge in [-0.15, -0.1) is 0 Å². The fraction of sp³-hybridized carbons (Fsp3) is 0.455. The molecule has 17 heavy (non-hydrogen) atoms. The van der Waals surface area contributed by atoms with E-state index >= 15 is 0 Å². The van der Waals surface area contributed by atoms with E-state index in [0.717, 1.165) is 0 Å². The van der Waals surface area contributed by atoms with Gasteiger partial charge in [-0.05, 0) is 35.8 Å². The smallest absolute Gasteiger partial charge is 0.341 e. The highest BCUT2D eigenvalue weighted by molar-refractivity contribution is 9.10. The Morgan fingerprint density at radius 3 is 2.82 bits per heavy atom. The highest BCUT2D eigenvalue weighted by Gasteiger charge is 2.13. The standard InChI is InChI=1S/C11H14BrNO4/c1-7(2)16-3-4-17-10-9(11(14)15)5-8(12)6-13-10/h5-7H,3-4H2,1-2H3,(H,14,15). The number of hydrogen-bond donors (Lipinski definition) is 1. The number of rotatable bonds is 6. The molecule has 0 aromatic carbocycles. The lowest BCUT2D eigenvalue weighted by molar-refractivity contribution is 0.0527. The quantitative estimate of drug-likeness (QED) is 0.817. The third-order valence-corrected chi connectivity index (χ3v) is 2.26. The number of aromatic carboxylic acids is 1. The van der Waals surface area contributed by atoms with Crippen LogP contribution >= 0.6 is 15.9 Å². The van der Waals surface area contributed by atoms with Crippen molar-refractivity contribution in [3.05, 3.63) is 22.3 Å². The zero-order valence-corrected chi connectivity index (χ0v) is 11.2. The van der Waals surface area contributed by atoms with Crippen LogP contribution in [0.4, 0.5) is 0 Å². The molecule has 94 valence electrons. The van der Waals surface area contributed by atoms with E-state index in [9.17, 15) is 4.79 Å². The molecule has 6 heteroatoms. The van der Waals surface area contributed by atoms with Gasteiger partial charge in [0.25, 0.3) is 0 Å². The maximum atomic E-state index is 10.9. The van der Waals surface area contributed by atoms with Crippen molar-refractivity contribution < 1.29 is 19.4 Å². The first-order chi connectivity index (χ1) is 8.00. The number of halogens is 1. The summed E-state index contributed by atoms with van der Waals surface area (Å²) in [5.74, 6) is -0.966. The van der Waals surface area contributed by atoms with E-state index in [1.54, 1.807) is 0 Å². The Labute approximate surface area is 108 Å². The zero-order valence-electron chi connectivity index (χ0n) is 9.64. The van der Waals surface area contributed by atoms with Crippen LogP contribution in [0.5, 0.6) is 5.88 Å². The van der Waals surface area contributed by atoms with Crippen LogP contribution < -0.4 is 4.74 Å². The van der Waals surface area contributed by atoms with Crippen LogP contribution in [0.2, 0.25) is 0 Å². The molecule has 0 unspecified atom stereocenters. The number of ether oxygens (including phenoxy) is 2. The summed E-state index contributed by atoms with van der Waals surface area (Å²) in [6.07, 6.45) is 1.61. The monoisotopic (exact) mass is 303 g/mol. The van der Waals surface area contributed by atoms with E-state index in [1.165, 1.54) is 12.3 Å². The average Bonchev–Trinajstić information content (AvgIpc) is 2.25. The number of carboxylic acids is 1. The highest BCUT2D eigenvalue weighted by atomic mass is 79.9. The van der Waals surface area contributed by atoms with Crippen molar-refractivity contribution in [2.24, 2.45) is 0 Å². The highest BCUT2D eigenvalue weighted by Crippen LogP contribution is 2.19. The van der Waals surface area contributed by atoms with Gasteiger partial charge in [-0.25, -0.2) is 9.78 Å². The Kier molecular flexibility index (Phi) is 5.37. The minimum atomic E-state index is -1.07. The van der Waals surface area contributed by atoms with Crippen molar-refractivity contribution in [3.8, 4) is 5.88 Å². The number of nitrogens with zero attached hydrogens (tertiary/aromatic N) is 1. The van der Waals surface area contributed by atoms with Crippen LogP contribution in [-0.2, 0) is 4.74 Å². The van der Waals surface area contributed by atoms with Gasteiger partial charge < -0.3 is 14.6 Å². The molecule has 0 aliphatic rings. The minimum Gasteiger partial charge on any atom is -0.477 e. The van der Waals surface area contributed by atoms with Crippen LogP contribution in [0.15, 0.2) is 16.7 Å². The maximum Gasteiger partial charge on any atom is 0.341 e. The Morgan fingerprint density at radius 2 is 2.24 bits per heavy atom. The predicted octanol–water partition coefficient (Wildman–Crippen LogP) is 2.35. The molecule has 0 fully saturated rings. The molecule has 1 aromatic rings. The minimum absolute atomic E-state index is 0.0314. The van der Waals surface area contributed by atoms with Crippen LogP contribution in [0.1, 0.15) is 24.2 Å². The van der Waals surface area contributed by atoms with Gasteiger partial charge in [0.15, 0.2) is 0 Å². The number of carboxylic acid groups (broad SMARTS) is 1. The molecule has 0 bridgehead atoms. The zero-order chi connectivity index (χ0) is 12.8. The first-order valence-electron chi connectivity index (χ1n) is 5.14. The van der Waals surface area contributed by atoms with Gasteiger partial charge in [-0.3, -0.25) is 0 Å². The second-order valence-corrected chi connectivity index (χ2v) is 4.50. The number of carbonyl (C=O) groups is 1. The van der Waals surface area contributed by atoms with E-state index in [1.807, 2.05) is 13.8 Å². The molecule has 5 nitrogen and oxygen atoms in total. The third-order valence-electron chi connectivity index (χ3n) is 1.82. The lowest BCUT2D eigenvalue weighted by atomic mass is 10.3. The van der Waals surface area contributed by atoms with E-state index in [4.69, 9.17) is 14.6 Å². The van der Waals surface area contributed by atoms with Crippen molar-refractivity contribution in [2.75, 3.05) is 13.2 Å². The van der Waals surface area contributed by atoms with Gasteiger partial charge in [0, 0.05) is 10.7 Å². The van der Waals surface area contributed by atoms with Gasteiger partial charge in [0.05, 0.1) is 12.7 Å². The van der Waals surface area contributed by atoms with Gasteiger partial charge in [-0.2, -0.15) is 0 Å². The van der Waals surface area contributed by atoms with Gasteiger partial charge in [0.2, 0.25) is 5.88 Å². The first kappa shape index (κ1) is 13.9. The third kappa shape index (κ3) is 4.70. The summed E-state index contributed by atoms with van der Waals surface area (Å²) in [4.78, 5) is 14.9. The van der Waals surface area contributed by atoms with Crippen molar-refractivity contribution in [1.29, 1.82) is 0 Å². The lowest BCUT2D eigenvalue weighted by Gasteiger charge is -2.10. The maximum absolute atomic E-state index is 10.9. The molecule has 1 aromatic heterocycles. The molecule has 0 spiro atoms. The summed E-state index contributed by atoms with van der Waals surface area (Å²) in [7, 11) is 0. The van der Waals surface area contributed by atoms with Crippen LogP contribution in [0.25, 0.3) is 0 Å². The molecular weight excluding hydrogens is 290 g/mol. The van der Waals surface area contributed by atoms with E-state index in [0.29, 0.717) is 11.1 Å². The normalized spacial score (nSPS) is 10.6. The van der Waals surface area contributed by atoms with Gasteiger partial charge in [0.1, 0.15) is 12.2 Å². The van der Waals surface area contributed by atoms with Crippen LogP contribution in [-0.4, -0.2) is 35.4 Å². The van der Waals surface area contributed by atoms with E-state index in [2.05, 4.69) is 20.9 Å². The summed E-state index contributed by atoms with van der Waals surface area (Å²) in [6, 6.07) is 1.45. The van der Waals surface area contributed by atoms with Crippen molar-refractivity contribution in [1.82, 2.24) is 4.98 Å². The molecule has 1 N–H and O–H groups in total. The van der Waals surface area contributed by atoms with Crippen molar-refractivity contribution >= 4 is 21.9 Å². The van der Waals surface area contributed by atoms with Gasteiger partial charge >= 0.3 is 5.97 Å². The summed E-state index contributed by atoms with van der Waals surface area (Å²) >= 11 is 3.16. The Balaban J connectivity index is 2.61. The first-order valence-corrected chi connectivity index (χ1v) is 5.93. The topological polar surface area (TPSA) is 68.7 Å². The second-order valence-electron chi connectivity index (χ2n) is 3.58. The Morgan fingerprint density at radius 1 is 1.53 bits per heavy atom. The number of hydrogen-bond acceptors (Lipinski definition) is 4. The fourth-order valence-corrected chi connectivity index (χ4v) is 1.45. The summed E-state index contributed by atoms with van der Waals surface area (Å²) < 4.78 is 11.1. The molecular formula is C11H14BrNO4. The van der Waals surface area contributed by atoms with E-state index < -0.39 is 5.97 Å². The molecule has 0 amide bonds. The summed E-state index contributed by atoms with van der Waals surface area (Å²) in [5.41, 5.74) is 0.0314. The molecule has 0 atom stereocenters. The average molecular weight is 304 g/mol. The van der Waals surface area contributed by atoms with E-state index in [-0.39, 0.29) is 24.2 Å². The molecule has 0 radical (unpaired) electrons. The van der Waals surface area contributed by atoms with Crippen molar-refractivity contribution in [3.63, 3.8) is 0 Å². The Hall–Kier alpha value is -1.14. The number of pyridine rings is 1. The van der Waals surface area contributed by atoms with Crippen molar-refractivity contribution in [2.45, 2.75) is 20.0 Å². The second kappa shape index (κ2) is 6.56. The SMILES string of the molecule is CC(C)OCCOc1ncc(Br)cc1C(=O)O. The predicted molar refractivity (Wildman–Crippen MR) is 65.5 cm³/mol. The van der Waals surface area contributed by atoms with Gasteiger partial charge in [-0.1, -0.05) is 0 Å². The fourth-order valence-electron chi connectivity index (χ4n) is 1.12. The molecule has 1 rings (SSSR count). The number of aromatic nitrogens is 1.